The molecule has 0 saturated heterocycles. The zero-order chi connectivity index (χ0) is 22.9. The molecule has 1 N–H and O–H groups in total. The highest BCUT2D eigenvalue weighted by Gasteiger charge is 2.30. The summed E-state index contributed by atoms with van der Waals surface area (Å²) in [5.41, 5.74) is 1.28. The molecule has 0 aliphatic heterocycles. The summed E-state index contributed by atoms with van der Waals surface area (Å²) in [6.07, 6.45) is -2.66. The van der Waals surface area contributed by atoms with Gasteiger partial charge in [-0.25, -0.2) is 4.98 Å². The molecule has 0 aliphatic carbocycles. The minimum atomic E-state index is -4.42. The Kier molecular flexibility index (Phi) is 5.60. The second-order valence-corrected chi connectivity index (χ2v) is 7.12. The minimum absolute atomic E-state index is 0.0176. The van der Waals surface area contributed by atoms with Crippen LogP contribution in [0.15, 0.2) is 53.1 Å². The van der Waals surface area contributed by atoms with E-state index in [0.29, 0.717) is 40.0 Å². The third-order valence-corrected chi connectivity index (χ3v) is 4.89. The number of hydrogen-bond donors (Lipinski definition) is 1. The number of carbonyl (C=O) groups is 1. The summed E-state index contributed by atoms with van der Waals surface area (Å²) in [4.78, 5) is 16.5. The van der Waals surface area contributed by atoms with Crippen LogP contribution in [-0.2, 0) is 17.4 Å². The monoisotopic (exact) mass is 444 g/mol. The fourth-order valence-electron chi connectivity index (χ4n) is 3.24. The van der Waals surface area contributed by atoms with Crippen molar-refractivity contribution in [3.8, 4) is 17.2 Å². The van der Waals surface area contributed by atoms with Crippen LogP contribution in [-0.4, -0.2) is 27.6 Å². The van der Waals surface area contributed by atoms with Crippen LogP contribution < -0.4 is 10.1 Å². The van der Waals surface area contributed by atoms with Crippen molar-refractivity contribution in [2.45, 2.75) is 25.9 Å². The van der Waals surface area contributed by atoms with Gasteiger partial charge in [-0.3, -0.25) is 4.79 Å². The molecule has 7 nitrogen and oxygen atoms in total. The van der Waals surface area contributed by atoms with Crippen molar-refractivity contribution in [2.75, 3.05) is 12.4 Å². The number of benzene rings is 2. The molecular formula is C22H19F3N4O3. The molecule has 0 atom stereocenters. The average Bonchev–Trinajstić information content (AvgIpc) is 3.34. The molecule has 4 aromatic rings. The van der Waals surface area contributed by atoms with Crippen LogP contribution in [0.5, 0.6) is 5.75 Å². The molecule has 32 heavy (non-hydrogen) atoms. The van der Waals surface area contributed by atoms with Gasteiger partial charge in [-0.2, -0.15) is 17.7 Å². The number of amides is 1. The molecule has 0 fully saturated rings. The van der Waals surface area contributed by atoms with Crippen molar-refractivity contribution in [2.24, 2.45) is 0 Å². The highest BCUT2D eigenvalue weighted by atomic mass is 19.4. The Morgan fingerprint density at radius 2 is 2.03 bits per heavy atom. The number of nitrogens with zero attached hydrogens (tertiary/aromatic N) is 3. The van der Waals surface area contributed by atoms with Crippen LogP contribution in [0.4, 0.5) is 18.9 Å². The van der Waals surface area contributed by atoms with E-state index < -0.39 is 11.7 Å². The van der Waals surface area contributed by atoms with E-state index in [0.717, 1.165) is 12.1 Å². The number of nitrogens with one attached hydrogen (secondary N) is 1. The molecule has 0 radical (unpaired) electrons. The van der Waals surface area contributed by atoms with Gasteiger partial charge < -0.3 is 14.5 Å². The van der Waals surface area contributed by atoms with Crippen LogP contribution in [0, 0.1) is 6.92 Å². The number of carbonyl (C=O) groups excluding carboxylic acids is 1. The summed E-state index contributed by atoms with van der Waals surface area (Å²) < 4.78 is 51.2. The van der Waals surface area contributed by atoms with Gasteiger partial charge in [0.05, 0.1) is 24.6 Å². The Balaban J connectivity index is 1.45. The maximum atomic E-state index is 12.8. The van der Waals surface area contributed by atoms with E-state index in [4.69, 9.17) is 9.15 Å². The Bertz CT molecular complexity index is 1280. The number of rotatable bonds is 6. The number of methoxy groups -OCH3 is 1. The number of alkyl halides is 3. The van der Waals surface area contributed by atoms with E-state index in [1.807, 2.05) is 0 Å². The van der Waals surface area contributed by atoms with Crippen molar-refractivity contribution in [1.82, 2.24) is 14.6 Å². The molecule has 10 heteroatoms. The number of ether oxygens (including phenoxy) is 1. The van der Waals surface area contributed by atoms with Crippen LogP contribution >= 0.6 is 0 Å². The van der Waals surface area contributed by atoms with Gasteiger partial charge >= 0.3 is 6.18 Å². The lowest BCUT2D eigenvalue weighted by molar-refractivity contribution is -0.137. The molecule has 0 unspecified atom stereocenters. The van der Waals surface area contributed by atoms with Gasteiger partial charge in [-0.05, 0) is 43.2 Å². The average molecular weight is 444 g/mol. The quantitative estimate of drug-likeness (QED) is 0.458. The topological polar surface area (TPSA) is 81.7 Å². The van der Waals surface area contributed by atoms with Crippen LogP contribution in [0.2, 0.25) is 0 Å². The van der Waals surface area contributed by atoms with Gasteiger partial charge in [0.2, 0.25) is 17.5 Å². The number of halogens is 3. The number of fused-ring (bicyclic) bond motifs is 1. The molecule has 166 valence electrons. The number of aromatic nitrogens is 3. The van der Waals surface area contributed by atoms with Crippen molar-refractivity contribution in [3.05, 3.63) is 65.6 Å². The maximum Gasteiger partial charge on any atom is 0.416 e. The van der Waals surface area contributed by atoms with Gasteiger partial charge in [-0.15, -0.1) is 5.10 Å². The summed E-state index contributed by atoms with van der Waals surface area (Å²) in [5.74, 6) is 1.10. The van der Waals surface area contributed by atoms with Gasteiger partial charge in [0, 0.05) is 12.0 Å². The lowest BCUT2D eigenvalue weighted by Gasteiger charge is -2.12. The van der Waals surface area contributed by atoms with E-state index >= 15 is 0 Å². The zero-order valence-electron chi connectivity index (χ0n) is 17.2. The van der Waals surface area contributed by atoms with Gasteiger partial charge in [0.15, 0.2) is 0 Å². The molecule has 0 spiro atoms. The normalized spacial score (nSPS) is 11.7. The Morgan fingerprint density at radius 1 is 1.22 bits per heavy atom. The van der Waals surface area contributed by atoms with Gasteiger partial charge in [0.1, 0.15) is 11.6 Å². The summed E-state index contributed by atoms with van der Waals surface area (Å²) in [5, 5.41) is 7.09. The number of imidazole rings is 1. The summed E-state index contributed by atoms with van der Waals surface area (Å²) >= 11 is 0. The predicted molar refractivity (Wildman–Crippen MR) is 110 cm³/mol. The largest absolute Gasteiger partial charge is 0.495 e. The van der Waals surface area contributed by atoms with Crippen molar-refractivity contribution in [3.63, 3.8) is 0 Å². The molecular weight excluding hydrogens is 425 g/mol. The first-order valence-electron chi connectivity index (χ1n) is 9.70. The van der Waals surface area contributed by atoms with Crippen molar-refractivity contribution in [1.29, 1.82) is 0 Å². The molecule has 1 amide bonds. The van der Waals surface area contributed by atoms with Crippen LogP contribution in [0.25, 0.3) is 17.2 Å². The Labute approximate surface area is 180 Å². The predicted octanol–water partition coefficient (Wildman–Crippen LogP) is 4.90. The van der Waals surface area contributed by atoms with Crippen molar-refractivity contribution < 1.29 is 27.1 Å². The number of anilines is 1. The summed E-state index contributed by atoms with van der Waals surface area (Å²) in [6, 6.07) is 10.0. The van der Waals surface area contributed by atoms with Crippen molar-refractivity contribution >= 4 is 17.3 Å². The Morgan fingerprint density at radius 3 is 2.75 bits per heavy atom. The van der Waals surface area contributed by atoms with E-state index in [2.05, 4.69) is 15.4 Å². The minimum Gasteiger partial charge on any atom is -0.495 e. The van der Waals surface area contributed by atoms with Gasteiger partial charge in [-0.1, -0.05) is 18.2 Å². The van der Waals surface area contributed by atoms with E-state index in [9.17, 15) is 18.0 Å². The smallest absolute Gasteiger partial charge is 0.416 e. The highest BCUT2D eigenvalue weighted by molar-refractivity contribution is 5.92. The molecule has 2 aromatic carbocycles. The standard InChI is InChI=1S/C22H19F3N4O3/c1-13-26-12-20-29(13)28-21(32-20)15-7-8-17(18(11-15)31-2)27-19(30)9-6-14-4-3-5-16(10-14)22(23,24)25/h3-5,7-8,10-12H,6,9H2,1-2H3,(H,27,30). The summed E-state index contributed by atoms with van der Waals surface area (Å²) in [7, 11) is 1.46. The molecule has 2 heterocycles. The second-order valence-electron chi connectivity index (χ2n) is 7.12. The van der Waals surface area contributed by atoms with E-state index in [1.165, 1.54) is 13.2 Å². The highest BCUT2D eigenvalue weighted by Crippen LogP contribution is 2.32. The van der Waals surface area contributed by atoms with E-state index in [-0.39, 0.29) is 18.7 Å². The third-order valence-electron chi connectivity index (χ3n) is 4.89. The molecule has 0 saturated carbocycles. The zero-order valence-corrected chi connectivity index (χ0v) is 17.2. The lowest BCUT2D eigenvalue weighted by atomic mass is 10.1. The first-order chi connectivity index (χ1) is 15.2. The number of hydrogen-bond acceptors (Lipinski definition) is 5. The van der Waals surface area contributed by atoms with E-state index in [1.54, 1.807) is 41.9 Å². The van der Waals surface area contributed by atoms with Gasteiger partial charge in [0.25, 0.3) is 0 Å². The maximum absolute atomic E-state index is 12.8. The first kappa shape index (κ1) is 21.4. The number of aryl methyl sites for hydroxylation is 2. The SMILES string of the molecule is COc1cc(-c2nn3c(C)ncc3o2)ccc1NC(=O)CCc1cccc(C(F)(F)F)c1. The molecule has 0 bridgehead atoms. The lowest BCUT2D eigenvalue weighted by Crippen LogP contribution is -2.13. The molecule has 2 aromatic heterocycles. The van der Waals surface area contributed by atoms with Crippen LogP contribution in [0.3, 0.4) is 0 Å². The molecule has 0 aliphatic rings. The molecule has 4 rings (SSSR count). The fraction of sp³-hybridized carbons (Fsp3) is 0.227. The first-order valence-corrected chi connectivity index (χ1v) is 9.70. The second kappa shape index (κ2) is 8.37. The summed E-state index contributed by atoms with van der Waals surface area (Å²) in [6.45, 7) is 1.80. The fourth-order valence-corrected chi connectivity index (χ4v) is 3.24. The Hall–Kier alpha value is -3.82. The third kappa shape index (κ3) is 4.43. The van der Waals surface area contributed by atoms with Crippen LogP contribution in [0.1, 0.15) is 23.4 Å².